The van der Waals surface area contributed by atoms with Crippen molar-refractivity contribution in [1.29, 1.82) is 0 Å². The average molecular weight is 1310 g/mol. The molecule has 0 bridgehead atoms. The van der Waals surface area contributed by atoms with E-state index in [2.05, 4.69) is 55.4 Å². The third-order valence-electron chi connectivity index (χ3n) is 16.8. The molecule has 0 aliphatic carbocycles. The number of aliphatic hydroxyl groups is 1. The van der Waals surface area contributed by atoms with Gasteiger partial charge in [0, 0.05) is 25.7 Å². The van der Waals surface area contributed by atoms with E-state index in [4.69, 9.17) is 37.0 Å². The van der Waals surface area contributed by atoms with Gasteiger partial charge in [-0.15, -0.1) is 0 Å². The molecule has 0 saturated carbocycles. The lowest BCUT2D eigenvalue weighted by molar-refractivity contribution is -0.161. The normalized spacial score (nSPS) is 14.9. The van der Waals surface area contributed by atoms with Crippen LogP contribution >= 0.6 is 15.6 Å². The van der Waals surface area contributed by atoms with Crippen LogP contribution in [0.3, 0.4) is 0 Å². The number of rotatable bonds is 67. The molecule has 0 aromatic carbocycles. The van der Waals surface area contributed by atoms with Crippen molar-refractivity contribution in [2.24, 2.45) is 23.7 Å². The predicted molar refractivity (Wildman–Crippen MR) is 358 cm³/mol. The number of carbonyl (C=O) groups excluding carboxylic acids is 4. The highest BCUT2D eigenvalue weighted by Crippen LogP contribution is 2.45. The van der Waals surface area contributed by atoms with E-state index in [0.717, 1.165) is 114 Å². The molecule has 0 radical (unpaired) electrons. The fraction of sp³-hybridized carbons (Fsp3) is 0.943. The maximum atomic E-state index is 13.0. The number of hydrogen-bond donors (Lipinski definition) is 3. The molecular weight excluding hydrogens is 1170 g/mol. The van der Waals surface area contributed by atoms with Gasteiger partial charge in [-0.05, 0) is 49.4 Å². The van der Waals surface area contributed by atoms with Crippen molar-refractivity contribution < 1.29 is 80.2 Å². The number of carbonyl (C=O) groups is 4. The second-order valence-corrected chi connectivity index (χ2v) is 29.6. The van der Waals surface area contributed by atoms with Gasteiger partial charge in [0.2, 0.25) is 0 Å². The van der Waals surface area contributed by atoms with Crippen molar-refractivity contribution in [3.05, 3.63) is 0 Å². The van der Waals surface area contributed by atoms with Crippen LogP contribution in [0.2, 0.25) is 0 Å². The van der Waals surface area contributed by atoms with Gasteiger partial charge in [0.05, 0.1) is 26.4 Å². The van der Waals surface area contributed by atoms with Crippen LogP contribution in [-0.2, 0) is 65.4 Å². The Bertz CT molecular complexity index is 1770. The molecule has 0 saturated heterocycles. The van der Waals surface area contributed by atoms with E-state index in [-0.39, 0.29) is 25.7 Å². The predicted octanol–water partition coefficient (Wildman–Crippen LogP) is 19.7. The molecule has 0 aromatic rings. The first-order chi connectivity index (χ1) is 42.7. The molecule has 0 amide bonds. The Labute approximate surface area is 543 Å². The molecule has 0 fully saturated rings. The minimum Gasteiger partial charge on any atom is -0.462 e. The van der Waals surface area contributed by atoms with Crippen LogP contribution in [0.1, 0.15) is 344 Å². The van der Waals surface area contributed by atoms with Gasteiger partial charge < -0.3 is 33.8 Å². The first-order valence-electron chi connectivity index (χ1n) is 36.3. The summed E-state index contributed by atoms with van der Waals surface area (Å²) in [6.45, 7) is 14.1. The van der Waals surface area contributed by atoms with E-state index in [9.17, 15) is 43.2 Å². The van der Waals surface area contributed by atoms with E-state index in [0.29, 0.717) is 31.6 Å². The van der Waals surface area contributed by atoms with Crippen LogP contribution in [0.4, 0.5) is 0 Å². The summed E-state index contributed by atoms with van der Waals surface area (Å²) in [5.41, 5.74) is 0. The highest BCUT2D eigenvalue weighted by atomic mass is 31.2. The quantitative estimate of drug-likeness (QED) is 0.0222. The maximum Gasteiger partial charge on any atom is 0.472 e. The van der Waals surface area contributed by atoms with Gasteiger partial charge in [-0.25, -0.2) is 9.13 Å². The Hall–Kier alpha value is -1.94. The topological polar surface area (TPSA) is 237 Å². The third kappa shape index (κ3) is 62.0. The fourth-order valence-electron chi connectivity index (χ4n) is 10.4. The zero-order valence-electron chi connectivity index (χ0n) is 58.1. The molecule has 0 aliphatic rings. The summed E-state index contributed by atoms with van der Waals surface area (Å²) in [4.78, 5) is 72.5. The number of ether oxygens (including phenoxy) is 4. The molecule has 528 valence electrons. The summed E-state index contributed by atoms with van der Waals surface area (Å²) < 4.78 is 68.3. The Morgan fingerprint density at radius 1 is 0.315 bits per heavy atom. The summed E-state index contributed by atoms with van der Waals surface area (Å²) in [5.74, 6) is 0.905. The summed E-state index contributed by atoms with van der Waals surface area (Å²) in [7, 11) is -9.90. The zero-order valence-corrected chi connectivity index (χ0v) is 59.8. The second kappa shape index (κ2) is 59.8. The minimum atomic E-state index is -4.95. The number of phosphoric ester groups is 2. The van der Waals surface area contributed by atoms with E-state index >= 15 is 0 Å². The zero-order chi connectivity index (χ0) is 66.1. The SMILES string of the molecule is CCC(C)CCCCCCCCCCCCC(=O)OC[C@H](COP(=O)(O)OCC(O)COP(=O)(O)OC[C@@H](COC(=O)CCCCCCCCCC(C)C)OC(=O)CCCCCCCCCCC(C)CC)OC(=O)CCCCCCCCCCCCC(C)C. The number of aliphatic hydroxyl groups excluding tert-OH is 1. The minimum absolute atomic E-state index is 0.104. The number of esters is 4. The maximum absolute atomic E-state index is 13.0. The molecule has 0 aromatic heterocycles. The van der Waals surface area contributed by atoms with Crippen molar-refractivity contribution in [1.82, 2.24) is 0 Å². The summed E-state index contributed by atoms with van der Waals surface area (Å²) in [6.07, 6.45) is 41.6. The molecular formula is C70H136O17P2. The van der Waals surface area contributed by atoms with Crippen LogP contribution in [-0.4, -0.2) is 96.7 Å². The van der Waals surface area contributed by atoms with E-state index in [1.165, 1.54) is 141 Å². The molecule has 7 atom stereocenters. The van der Waals surface area contributed by atoms with Crippen molar-refractivity contribution in [2.45, 2.75) is 363 Å². The first-order valence-corrected chi connectivity index (χ1v) is 39.3. The van der Waals surface area contributed by atoms with E-state index in [1.54, 1.807) is 0 Å². The monoisotopic (exact) mass is 1310 g/mol. The summed E-state index contributed by atoms with van der Waals surface area (Å²) in [6, 6.07) is 0. The van der Waals surface area contributed by atoms with E-state index < -0.39 is 97.5 Å². The number of hydrogen-bond acceptors (Lipinski definition) is 15. The van der Waals surface area contributed by atoms with E-state index in [1.807, 2.05) is 0 Å². The molecule has 19 heteroatoms. The number of unbranched alkanes of at least 4 members (excludes halogenated alkanes) is 31. The van der Waals surface area contributed by atoms with Crippen molar-refractivity contribution in [2.75, 3.05) is 39.6 Å². The molecule has 0 aliphatic heterocycles. The first kappa shape index (κ1) is 87.1. The van der Waals surface area contributed by atoms with Crippen LogP contribution in [0.5, 0.6) is 0 Å². The average Bonchev–Trinajstić information content (AvgIpc) is 3.68. The van der Waals surface area contributed by atoms with Gasteiger partial charge in [0.1, 0.15) is 19.3 Å². The Balaban J connectivity index is 5.27. The lowest BCUT2D eigenvalue weighted by Gasteiger charge is -2.21. The Kier molecular flexibility index (Phi) is 58.5. The number of phosphoric acid groups is 2. The van der Waals surface area contributed by atoms with Crippen LogP contribution in [0.25, 0.3) is 0 Å². The van der Waals surface area contributed by atoms with Gasteiger partial charge in [-0.1, -0.05) is 293 Å². The molecule has 0 heterocycles. The third-order valence-corrected chi connectivity index (χ3v) is 18.7. The Morgan fingerprint density at radius 3 is 0.798 bits per heavy atom. The van der Waals surface area contributed by atoms with Crippen molar-refractivity contribution in [3.63, 3.8) is 0 Å². The second-order valence-electron chi connectivity index (χ2n) is 26.7. The highest BCUT2D eigenvalue weighted by molar-refractivity contribution is 7.47. The van der Waals surface area contributed by atoms with Crippen LogP contribution in [0.15, 0.2) is 0 Å². The van der Waals surface area contributed by atoms with Gasteiger partial charge in [-0.2, -0.15) is 0 Å². The summed E-state index contributed by atoms with van der Waals surface area (Å²) >= 11 is 0. The van der Waals surface area contributed by atoms with Gasteiger partial charge >= 0.3 is 39.5 Å². The van der Waals surface area contributed by atoms with Crippen molar-refractivity contribution in [3.8, 4) is 0 Å². The van der Waals surface area contributed by atoms with Crippen molar-refractivity contribution >= 4 is 39.5 Å². The highest BCUT2D eigenvalue weighted by Gasteiger charge is 2.30. The van der Waals surface area contributed by atoms with Gasteiger partial charge in [0.15, 0.2) is 12.2 Å². The smallest absolute Gasteiger partial charge is 0.462 e. The molecule has 89 heavy (non-hydrogen) atoms. The van der Waals surface area contributed by atoms with Crippen LogP contribution in [0, 0.1) is 23.7 Å². The largest absolute Gasteiger partial charge is 0.472 e. The fourth-order valence-corrected chi connectivity index (χ4v) is 12.0. The summed E-state index contributed by atoms with van der Waals surface area (Å²) in [5, 5.41) is 10.6. The molecule has 3 N–H and O–H groups in total. The lowest BCUT2D eigenvalue weighted by atomic mass is 9.99. The molecule has 0 spiro atoms. The lowest BCUT2D eigenvalue weighted by Crippen LogP contribution is -2.30. The molecule has 17 nitrogen and oxygen atoms in total. The molecule has 5 unspecified atom stereocenters. The van der Waals surface area contributed by atoms with Gasteiger partial charge in [0.25, 0.3) is 0 Å². The molecule has 0 rings (SSSR count). The standard InChI is InChI=1S/C70H136O17P2/c1-9-62(7)48-40-32-24-16-12-14-17-26-34-42-50-67(72)80-56-65(86-69(74)52-44-36-27-18-13-11-15-22-30-38-46-60(3)4)58-84-88(76,77)82-54-64(71)55-83-89(78,79)85-59-66(57-81-68(73)51-43-35-29-21-23-31-39-47-61(5)6)87-70(75)53-45-37-28-20-19-25-33-41-49-63(8)10-2/h60-66,71H,9-59H2,1-8H3,(H,76,77)(H,78,79)/t62?,63?,64?,65-,66-/m1/s1. The Morgan fingerprint density at radius 2 is 0.539 bits per heavy atom. The van der Waals surface area contributed by atoms with Gasteiger partial charge in [-0.3, -0.25) is 37.3 Å². The van der Waals surface area contributed by atoms with Crippen LogP contribution < -0.4 is 0 Å².